The van der Waals surface area contributed by atoms with Crippen molar-refractivity contribution in [3.8, 4) is 34.2 Å². The third kappa shape index (κ3) is 5.49. The normalized spacial score (nSPS) is 16.7. The van der Waals surface area contributed by atoms with Crippen molar-refractivity contribution in [2.75, 3.05) is 31.8 Å². The average molecular weight is 622 g/mol. The highest BCUT2D eigenvalue weighted by Gasteiger charge is 2.34. The molecule has 240 valence electrons. The average Bonchev–Trinajstić information content (AvgIpc) is 3.72. The molecule has 45 heavy (non-hydrogen) atoms. The molecule has 0 bridgehead atoms. The van der Waals surface area contributed by atoms with E-state index in [1.165, 1.54) is 0 Å². The number of fused-ring (bicyclic) bond motifs is 2. The van der Waals surface area contributed by atoms with Crippen LogP contribution >= 0.6 is 0 Å². The van der Waals surface area contributed by atoms with E-state index in [0.29, 0.717) is 70.7 Å². The lowest BCUT2D eigenvalue weighted by Crippen LogP contribution is -2.32. The van der Waals surface area contributed by atoms with Gasteiger partial charge in [0, 0.05) is 48.5 Å². The quantitative estimate of drug-likeness (QED) is 0.258. The molecule has 1 aromatic carbocycles. The molecule has 11 nitrogen and oxygen atoms in total. The molecule has 12 heteroatoms. The van der Waals surface area contributed by atoms with Gasteiger partial charge >= 0.3 is 12.0 Å². The van der Waals surface area contributed by atoms with Gasteiger partial charge in [-0.25, -0.2) is 4.98 Å². The van der Waals surface area contributed by atoms with E-state index >= 15 is 4.39 Å². The van der Waals surface area contributed by atoms with Gasteiger partial charge in [0.15, 0.2) is 11.5 Å². The van der Waals surface area contributed by atoms with Crippen LogP contribution in [0.1, 0.15) is 62.4 Å². The number of hydrogen-bond acceptors (Lipinski definition) is 9. The molecule has 0 radical (unpaired) electrons. The van der Waals surface area contributed by atoms with Gasteiger partial charge < -0.3 is 33.2 Å². The summed E-state index contributed by atoms with van der Waals surface area (Å²) in [4.78, 5) is 19.1. The van der Waals surface area contributed by atoms with E-state index in [4.69, 9.17) is 23.6 Å². The lowest BCUT2D eigenvalue weighted by atomic mass is 9.86. The fourth-order valence-corrected chi connectivity index (χ4v) is 6.64. The smallest absolute Gasteiger partial charge is 0.318 e. The van der Waals surface area contributed by atoms with E-state index in [-0.39, 0.29) is 24.0 Å². The highest BCUT2D eigenvalue weighted by atomic mass is 19.1. The van der Waals surface area contributed by atoms with Crippen molar-refractivity contribution in [3.63, 3.8) is 0 Å². The number of pyridine rings is 1. The molecule has 0 saturated carbocycles. The third-order valence-corrected chi connectivity index (χ3v) is 8.63. The van der Waals surface area contributed by atoms with Crippen molar-refractivity contribution >= 4 is 23.0 Å². The molecule has 2 aliphatic heterocycles. The van der Waals surface area contributed by atoms with Gasteiger partial charge in [-0.05, 0) is 77.5 Å². The Morgan fingerprint density at radius 1 is 1.20 bits per heavy atom. The minimum atomic E-state index is -1.02. The molecule has 0 aliphatic carbocycles. The highest BCUT2D eigenvalue weighted by Crippen LogP contribution is 2.49. The van der Waals surface area contributed by atoms with E-state index in [0.717, 1.165) is 36.9 Å². The van der Waals surface area contributed by atoms with Crippen molar-refractivity contribution in [3.05, 3.63) is 34.3 Å². The Balaban J connectivity index is 1.61. The minimum Gasteiger partial charge on any atom is -0.490 e. The molecule has 1 atom stereocenters. The van der Waals surface area contributed by atoms with Gasteiger partial charge in [0.2, 0.25) is 5.82 Å². The van der Waals surface area contributed by atoms with E-state index < -0.39 is 17.4 Å². The first-order valence-corrected chi connectivity index (χ1v) is 15.4. The highest BCUT2D eigenvalue weighted by molar-refractivity contribution is 6.02. The number of hydrogen-bond donors (Lipinski definition) is 1. The number of aromatic nitrogens is 4. The van der Waals surface area contributed by atoms with E-state index in [2.05, 4.69) is 15.1 Å². The number of aryl methyl sites for hydroxylation is 2. The van der Waals surface area contributed by atoms with Crippen LogP contribution < -0.4 is 14.4 Å². The van der Waals surface area contributed by atoms with E-state index in [9.17, 15) is 9.90 Å². The zero-order valence-corrected chi connectivity index (χ0v) is 26.9. The summed E-state index contributed by atoms with van der Waals surface area (Å²) >= 11 is 0. The number of aliphatic carboxylic acids is 1. The predicted octanol–water partition coefficient (Wildman–Crippen LogP) is 5.79. The summed E-state index contributed by atoms with van der Waals surface area (Å²) in [7, 11) is 3.52. The fraction of sp³-hybridized carbons (Fsp3) is 0.515. The van der Waals surface area contributed by atoms with Gasteiger partial charge in [0.25, 0.3) is 5.89 Å². The Morgan fingerprint density at radius 3 is 2.69 bits per heavy atom. The number of ether oxygens (including phenoxy) is 3. The minimum absolute atomic E-state index is 0.0305. The van der Waals surface area contributed by atoms with Crippen LogP contribution in [0.15, 0.2) is 10.5 Å². The number of anilines is 1. The third-order valence-electron chi connectivity index (χ3n) is 8.63. The maximum absolute atomic E-state index is 16.5. The van der Waals surface area contributed by atoms with Crippen molar-refractivity contribution in [1.29, 1.82) is 0 Å². The fourth-order valence-electron chi connectivity index (χ4n) is 6.64. The lowest BCUT2D eigenvalue weighted by molar-refractivity contribution is -0.136. The molecule has 3 aromatic heterocycles. The first-order chi connectivity index (χ1) is 21.4. The van der Waals surface area contributed by atoms with Crippen molar-refractivity contribution < 1.29 is 32.9 Å². The number of carboxylic acids is 1. The summed E-state index contributed by atoms with van der Waals surface area (Å²) in [5, 5.41) is 19.4. The van der Waals surface area contributed by atoms with Crippen LogP contribution in [-0.4, -0.2) is 69.3 Å². The Kier molecular flexibility index (Phi) is 7.96. The van der Waals surface area contributed by atoms with Crippen LogP contribution in [0.4, 0.5) is 10.4 Å². The SMILES string of the molecule is COC[C@H]1CCCN1c1nnc(-c2cc3c(-c4c(C)c5c(c(F)c4OC(C)(C)C)OCCC5)c(CC(=O)O)c(C)nc3n2C)o1. The summed E-state index contributed by atoms with van der Waals surface area (Å²) in [6.07, 6.45) is 3.04. The first-order valence-electron chi connectivity index (χ1n) is 15.4. The first kappa shape index (κ1) is 30.8. The van der Waals surface area contributed by atoms with Gasteiger partial charge in [0.1, 0.15) is 16.9 Å². The standard InChI is InChI=1S/C33H40FN5O6/c1-17-20-11-9-13-43-28(20)27(34)29(45-33(3,4)5)25(17)26-21(15-24(40)41)18(2)35-30-22(26)14-23(38(30)6)31-36-37-32(44-31)39-12-8-10-19(39)16-42-7/h14,19H,8-13,15-16H2,1-7H3,(H,40,41)/t19-/m1/s1. The van der Waals surface area contributed by atoms with E-state index in [1.54, 1.807) is 14.0 Å². The predicted molar refractivity (Wildman–Crippen MR) is 167 cm³/mol. The monoisotopic (exact) mass is 621 g/mol. The molecule has 4 aromatic rings. The Hall–Kier alpha value is -4.19. The number of benzene rings is 1. The molecule has 2 aliphatic rings. The number of rotatable bonds is 8. The molecule has 1 N–H and O–H groups in total. The molecule has 0 unspecified atom stereocenters. The Labute approximate surface area is 261 Å². The summed E-state index contributed by atoms with van der Waals surface area (Å²) in [5.74, 6) is -1.08. The number of methoxy groups -OCH3 is 1. The van der Waals surface area contributed by atoms with Crippen molar-refractivity contribution in [2.45, 2.75) is 78.4 Å². The summed E-state index contributed by atoms with van der Waals surface area (Å²) in [6.45, 7) is 11.0. The molecular weight excluding hydrogens is 581 g/mol. The molecule has 1 fully saturated rings. The van der Waals surface area contributed by atoms with Crippen molar-refractivity contribution in [2.24, 2.45) is 7.05 Å². The topological polar surface area (TPSA) is 125 Å². The van der Waals surface area contributed by atoms with Gasteiger partial charge in [-0.2, -0.15) is 4.39 Å². The van der Waals surface area contributed by atoms with Gasteiger partial charge in [0.05, 0.1) is 25.7 Å². The maximum Gasteiger partial charge on any atom is 0.318 e. The van der Waals surface area contributed by atoms with Crippen LogP contribution in [0.2, 0.25) is 0 Å². The zero-order chi connectivity index (χ0) is 32.2. The molecule has 6 rings (SSSR count). The van der Waals surface area contributed by atoms with Gasteiger partial charge in [-0.3, -0.25) is 4.79 Å². The lowest BCUT2D eigenvalue weighted by Gasteiger charge is -2.30. The molecule has 1 saturated heterocycles. The number of carboxylic acid groups (broad SMARTS) is 1. The van der Waals surface area contributed by atoms with Crippen LogP contribution in [0.5, 0.6) is 11.5 Å². The Bertz CT molecular complexity index is 1790. The molecular formula is C33H40FN5O6. The van der Waals surface area contributed by atoms with Gasteiger partial charge in [-0.1, -0.05) is 5.10 Å². The zero-order valence-electron chi connectivity index (χ0n) is 26.9. The summed E-state index contributed by atoms with van der Waals surface area (Å²) < 4.78 is 42.1. The number of halogens is 1. The summed E-state index contributed by atoms with van der Waals surface area (Å²) in [5.41, 5.74) is 4.03. The summed E-state index contributed by atoms with van der Waals surface area (Å²) in [6, 6.07) is 2.43. The second kappa shape index (κ2) is 11.6. The number of carbonyl (C=O) groups is 1. The van der Waals surface area contributed by atoms with Crippen LogP contribution in [0, 0.1) is 19.7 Å². The Morgan fingerprint density at radius 2 is 1.98 bits per heavy atom. The molecule has 0 spiro atoms. The van der Waals surface area contributed by atoms with E-state index in [1.807, 2.05) is 45.4 Å². The maximum atomic E-state index is 16.5. The second-order valence-corrected chi connectivity index (χ2v) is 12.9. The second-order valence-electron chi connectivity index (χ2n) is 12.9. The largest absolute Gasteiger partial charge is 0.490 e. The molecule has 0 amide bonds. The van der Waals surface area contributed by atoms with Crippen LogP contribution in [-0.2, 0) is 29.4 Å². The van der Waals surface area contributed by atoms with Crippen LogP contribution in [0.3, 0.4) is 0 Å². The van der Waals surface area contributed by atoms with Crippen molar-refractivity contribution in [1.82, 2.24) is 19.7 Å². The molecule has 5 heterocycles. The van der Waals surface area contributed by atoms with Crippen LogP contribution in [0.25, 0.3) is 33.7 Å². The van der Waals surface area contributed by atoms with Gasteiger partial charge in [-0.15, -0.1) is 5.10 Å². The number of nitrogens with zero attached hydrogens (tertiary/aromatic N) is 5.